The van der Waals surface area contributed by atoms with Crippen LogP contribution in [0.4, 0.5) is 0 Å². The second-order valence-corrected chi connectivity index (χ2v) is 5.69. The third kappa shape index (κ3) is 3.71. The highest BCUT2D eigenvalue weighted by molar-refractivity contribution is 6.30. The van der Waals surface area contributed by atoms with Gasteiger partial charge in [-0.3, -0.25) is 0 Å². The molecule has 1 fully saturated rings. The SMILES string of the molecule is C[C@@H](NC1CCCCCC1O)c1ccc(Cl)cc1. The summed E-state index contributed by atoms with van der Waals surface area (Å²) in [7, 11) is 0. The lowest BCUT2D eigenvalue weighted by molar-refractivity contribution is 0.115. The lowest BCUT2D eigenvalue weighted by Crippen LogP contribution is -2.40. The highest BCUT2D eigenvalue weighted by Crippen LogP contribution is 2.22. The highest BCUT2D eigenvalue weighted by Gasteiger charge is 2.23. The molecule has 0 aromatic heterocycles. The van der Waals surface area contributed by atoms with E-state index in [0.29, 0.717) is 0 Å². The normalized spacial score (nSPS) is 26.6. The predicted octanol–water partition coefficient (Wildman–Crippen LogP) is 3.68. The van der Waals surface area contributed by atoms with E-state index >= 15 is 0 Å². The Morgan fingerprint density at radius 1 is 1.17 bits per heavy atom. The van der Waals surface area contributed by atoms with Crippen LogP contribution in [-0.2, 0) is 0 Å². The number of aliphatic hydroxyl groups excluding tert-OH is 1. The maximum absolute atomic E-state index is 10.1. The van der Waals surface area contributed by atoms with Crippen molar-refractivity contribution < 1.29 is 5.11 Å². The molecule has 2 N–H and O–H groups in total. The number of benzene rings is 1. The van der Waals surface area contributed by atoms with Crippen molar-refractivity contribution in [3.8, 4) is 0 Å². The Labute approximate surface area is 114 Å². The van der Waals surface area contributed by atoms with E-state index in [9.17, 15) is 5.11 Å². The van der Waals surface area contributed by atoms with Crippen molar-refractivity contribution in [2.75, 3.05) is 0 Å². The molecule has 0 heterocycles. The van der Waals surface area contributed by atoms with Gasteiger partial charge < -0.3 is 10.4 Å². The van der Waals surface area contributed by atoms with E-state index in [1.165, 1.54) is 18.4 Å². The van der Waals surface area contributed by atoms with Crippen molar-refractivity contribution in [2.24, 2.45) is 0 Å². The van der Waals surface area contributed by atoms with Crippen LogP contribution in [0.25, 0.3) is 0 Å². The van der Waals surface area contributed by atoms with E-state index < -0.39 is 0 Å². The van der Waals surface area contributed by atoms with Crippen LogP contribution < -0.4 is 5.32 Å². The molecule has 1 aromatic carbocycles. The Balaban J connectivity index is 1.97. The first-order valence-electron chi connectivity index (χ1n) is 6.86. The van der Waals surface area contributed by atoms with E-state index in [-0.39, 0.29) is 18.2 Å². The molecular weight excluding hydrogens is 246 g/mol. The van der Waals surface area contributed by atoms with E-state index in [1.807, 2.05) is 24.3 Å². The topological polar surface area (TPSA) is 32.3 Å². The monoisotopic (exact) mass is 267 g/mol. The first-order valence-corrected chi connectivity index (χ1v) is 7.24. The van der Waals surface area contributed by atoms with Crippen molar-refractivity contribution in [1.82, 2.24) is 5.32 Å². The van der Waals surface area contributed by atoms with Crippen molar-refractivity contribution >= 4 is 11.6 Å². The summed E-state index contributed by atoms with van der Waals surface area (Å²) < 4.78 is 0. The first-order chi connectivity index (χ1) is 8.66. The molecular formula is C15H22ClNO. The van der Waals surface area contributed by atoms with Crippen molar-refractivity contribution in [3.63, 3.8) is 0 Å². The number of aliphatic hydroxyl groups is 1. The Morgan fingerprint density at radius 3 is 2.56 bits per heavy atom. The van der Waals surface area contributed by atoms with Gasteiger partial charge in [0.25, 0.3) is 0 Å². The largest absolute Gasteiger partial charge is 0.392 e. The molecule has 1 aliphatic carbocycles. The van der Waals surface area contributed by atoms with Crippen LogP contribution in [0.1, 0.15) is 50.6 Å². The standard InChI is InChI=1S/C15H22ClNO/c1-11(12-7-9-13(16)10-8-12)17-14-5-3-2-4-6-15(14)18/h7-11,14-15,17-18H,2-6H2,1H3/t11-,14?,15?/m1/s1. The smallest absolute Gasteiger partial charge is 0.0693 e. The van der Waals surface area contributed by atoms with Gasteiger partial charge in [-0.05, 0) is 37.5 Å². The molecule has 0 bridgehead atoms. The molecule has 2 rings (SSSR count). The van der Waals surface area contributed by atoms with Crippen LogP contribution in [0.5, 0.6) is 0 Å². The Hall–Kier alpha value is -0.570. The number of hydrogen-bond acceptors (Lipinski definition) is 2. The molecule has 18 heavy (non-hydrogen) atoms. The quantitative estimate of drug-likeness (QED) is 0.819. The molecule has 2 nitrogen and oxygen atoms in total. The summed E-state index contributed by atoms with van der Waals surface area (Å²) in [5.41, 5.74) is 1.22. The van der Waals surface area contributed by atoms with Crippen LogP contribution in [0.3, 0.4) is 0 Å². The molecule has 2 unspecified atom stereocenters. The van der Waals surface area contributed by atoms with Gasteiger partial charge in [0.1, 0.15) is 0 Å². The fourth-order valence-corrected chi connectivity index (χ4v) is 2.78. The van der Waals surface area contributed by atoms with Crippen LogP contribution >= 0.6 is 11.6 Å². The summed E-state index contributed by atoms with van der Waals surface area (Å²) in [6.45, 7) is 2.14. The van der Waals surface area contributed by atoms with Gasteiger partial charge in [0.05, 0.1) is 6.10 Å². The summed E-state index contributed by atoms with van der Waals surface area (Å²) in [5, 5.41) is 14.4. The maximum atomic E-state index is 10.1. The van der Waals surface area contributed by atoms with Crippen LogP contribution in [0.2, 0.25) is 5.02 Å². The molecule has 1 saturated carbocycles. The molecule has 3 heteroatoms. The minimum atomic E-state index is -0.206. The van der Waals surface area contributed by atoms with Gasteiger partial charge in [0.15, 0.2) is 0 Å². The number of nitrogens with one attached hydrogen (secondary N) is 1. The third-order valence-electron chi connectivity index (χ3n) is 3.81. The van der Waals surface area contributed by atoms with E-state index in [0.717, 1.165) is 24.3 Å². The summed E-state index contributed by atoms with van der Waals surface area (Å²) in [6.07, 6.45) is 5.38. The van der Waals surface area contributed by atoms with E-state index in [4.69, 9.17) is 11.6 Å². The molecule has 0 radical (unpaired) electrons. The summed E-state index contributed by atoms with van der Waals surface area (Å²) >= 11 is 5.89. The minimum absolute atomic E-state index is 0.206. The van der Waals surface area contributed by atoms with Gasteiger partial charge in [-0.1, -0.05) is 43.0 Å². The van der Waals surface area contributed by atoms with Crippen molar-refractivity contribution in [2.45, 2.75) is 57.2 Å². The molecule has 0 saturated heterocycles. The van der Waals surface area contributed by atoms with Gasteiger partial charge in [0.2, 0.25) is 0 Å². The summed E-state index contributed by atoms with van der Waals surface area (Å²) in [6, 6.07) is 8.39. The summed E-state index contributed by atoms with van der Waals surface area (Å²) in [4.78, 5) is 0. The van der Waals surface area contributed by atoms with Crippen molar-refractivity contribution in [3.05, 3.63) is 34.9 Å². The molecule has 3 atom stereocenters. The molecule has 100 valence electrons. The number of halogens is 1. The lowest BCUT2D eigenvalue weighted by atomic mass is 10.0. The Kier molecular flexibility index (Phi) is 5.04. The maximum Gasteiger partial charge on any atom is 0.0693 e. The number of hydrogen-bond donors (Lipinski definition) is 2. The van der Waals surface area contributed by atoms with Crippen LogP contribution in [0, 0.1) is 0 Å². The van der Waals surface area contributed by atoms with E-state index in [2.05, 4.69) is 12.2 Å². The summed E-state index contributed by atoms with van der Waals surface area (Å²) in [5.74, 6) is 0. The van der Waals surface area contributed by atoms with Gasteiger partial charge in [-0.25, -0.2) is 0 Å². The van der Waals surface area contributed by atoms with Gasteiger partial charge in [0, 0.05) is 17.1 Å². The van der Waals surface area contributed by atoms with Gasteiger partial charge in [-0.15, -0.1) is 0 Å². The fourth-order valence-electron chi connectivity index (χ4n) is 2.65. The second-order valence-electron chi connectivity index (χ2n) is 5.25. The predicted molar refractivity (Wildman–Crippen MR) is 75.9 cm³/mol. The van der Waals surface area contributed by atoms with Gasteiger partial charge >= 0.3 is 0 Å². The lowest BCUT2D eigenvalue weighted by Gasteiger charge is -2.26. The molecule has 1 aromatic rings. The van der Waals surface area contributed by atoms with Crippen LogP contribution in [0.15, 0.2) is 24.3 Å². The van der Waals surface area contributed by atoms with E-state index in [1.54, 1.807) is 0 Å². The van der Waals surface area contributed by atoms with Crippen molar-refractivity contribution in [1.29, 1.82) is 0 Å². The third-order valence-corrected chi connectivity index (χ3v) is 4.07. The zero-order valence-corrected chi connectivity index (χ0v) is 11.7. The Bertz CT molecular complexity index is 365. The second kappa shape index (κ2) is 6.55. The molecule has 0 aliphatic heterocycles. The zero-order chi connectivity index (χ0) is 13.0. The minimum Gasteiger partial charge on any atom is -0.392 e. The average molecular weight is 268 g/mol. The first kappa shape index (κ1) is 13.9. The highest BCUT2D eigenvalue weighted by atomic mass is 35.5. The Morgan fingerprint density at radius 2 is 1.83 bits per heavy atom. The van der Waals surface area contributed by atoms with Crippen LogP contribution in [-0.4, -0.2) is 17.3 Å². The molecule has 0 amide bonds. The fraction of sp³-hybridized carbons (Fsp3) is 0.600. The zero-order valence-electron chi connectivity index (χ0n) is 10.9. The average Bonchev–Trinajstić information content (AvgIpc) is 2.56. The van der Waals surface area contributed by atoms with Gasteiger partial charge in [-0.2, -0.15) is 0 Å². The molecule has 1 aliphatic rings. The number of rotatable bonds is 3. The molecule has 0 spiro atoms.